The number of aromatic nitrogens is 2. The third-order valence-electron chi connectivity index (χ3n) is 3.98. The summed E-state index contributed by atoms with van der Waals surface area (Å²) in [7, 11) is 1.72. The molecule has 0 atom stereocenters. The van der Waals surface area contributed by atoms with Gasteiger partial charge in [-0.2, -0.15) is 0 Å². The van der Waals surface area contributed by atoms with E-state index in [0.717, 1.165) is 5.56 Å². The molecule has 0 spiro atoms. The summed E-state index contributed by atoms with van der Waals surface area (Å²) in [5.74, 6) is -1.61. The van der Waals surface area contributed by atoms with E-state index in [1.165, 1.54) is 12.3 Å². The number of anilines is 1. The van der Waals surface area contributed by atoms with E-state index < -0.39 is 11.8 Å². The highest BCUT2D eigenvalue weighted by atomic mass is 35.5. The predicted octanol–water partition coefficient (Wildman–Crippen LogP) is 2.56. The third kappa shape index (κ3) is 4.63. The Bertz CT molecular complexity index is 1030. The summed E-state index contributed by atoms with van der Waals surface area (Å²) in [6.07, 6.45) is 3.20. The number of hydrogen-bond acceptors (Lipinski definition) is 4. The number of benzene rings is 2. The molecule has 0 radical (unpaired) electrons. The Morgan fingerprint density at radius 3 is 2.50 bits per heavy atom. The molecule has 1 heterocycles. The van der Waals surface area contributed by atoms with Gasteiger partial charge >= 0.3 is 11.8 Å². The van der Waals surface area contributed by atoms with Crippen molar-refractivity contribution in [1.29, 1.82) is 0 Å². The number of halogens is 1. The molecule has 7 nitrogen and oxygen atoms in total. The summed E-state index contributed by atoms with van der Waals surface area (Å²) in [6, 6.07) is 13.3. The van der Waals surface area contributed by atoms with Crippen LogP contribution in [0.2, 0.25) is 5.02 Å². The van der Waals surface area contributed by atoms with E-state index in [9.17, 15) is 14.4 Å². The molecule has 2 aromatic carbocycles. The summed E-state index contributed by atoms with van der Waals surface area (Å²) in [6.45, 7) is 0.196. The highest BCUT2D eigenvalue weighted by molar-refractivity contribution is 6.39. The van der Waals surface area contributed by atoms with Crippen molar-refractivity contribution in [3.05, 3.63) is 82.9 Å². The van der Waals surface area contributed by atoms with Crippen LogP contribution in [0.1, 0.15) is 21.7 Å². The number of imidazole rings is 1. The monoisotopic (exact) mass is 396 g/mol. The van der Waals surface area contributed by atoms with Crippen LogP contribution in [0.25, 0.3) is 0 Å². The molecule has 8 heteroatoms. The Hall–Kier alpha value is -3.45. The van der Waals surface area contributed by atoms with Gasteiger partial charge in [0.05, 0.1) is 0 Å². The van der Waals surface area contributed by atoms with Crippen molar-refractivity contribution in [1.82, 2.24) is 14.9 Å². The lowest BCUT2D eigenvalue weighted by Gasteiger charge is -2.08. The average molecular weight is 397 g/mol. The number of hydrogen-bond donors (Lipinski definition) is 2. The molecule has 2 N–H and O–H groups in total. The van der Waals surface area contributed by atoms with Crippen LogP contribution < -0.4 is 10.6 Å². The first-order chi connectivity index (χ1) is 13.4. The minimum atomic E-state index is -0.824. The molecule has 0 aliphatic rings. The van der Waals surface area contributed by atoms with E-state index >= 15 is 0 Å². The zero-order valence-corrected chi connectivity index (χ0v) is 15.7. The van der Waals surface area contributed by atoms with Crippen LogP contribution in [0, 0.1) is 0 Å². The minimum absolute atomic E-state index is 0.196. The van der Waals surface area contributed by atoms with Crippen LogP contribution in [0.3, 0.4) is 0 Å². The molecular weight excluding hydrogens is 380 g/mol. The SMILES string of the molecule is Cn1ccnc1C(=O)c1cccc(NC(=O)C(=O)NCc2ccc(Cl)cc2)c1. The average Bonchev–Trinajstić information content (AvgIpc) is 3.12. The van der Waals surface area contributed by atoms with Gasteiger partial charge in [-0.25, -0.2) is 4.98 Å². The van der Waals surface area contributed by atoms with Crippen LogP contribution in [-0.4, -0.2) is 27.1 Å². The van der Waals surface area contributed by atoms with E-state index in [0.29, 0.717) is 16.3 Å². The second kappa shape index (κ2) is 8.49. The van der Waals surface area contributed by atoms with E-state index in [1.807, 2.05) is 0 Å². The van der Waals surface area contributed by atoms with Crippen LogP contribution >= 0.6 is 11.6 Å². The van der Waals surface area contributed by atoms with E-state index in [4.69, 9.17) is 11.6 Å². The summed E-state index contributed by atoms with van der Waals surface area (Å²) in [5.41, 5.74) is 1.51. The zero-order chi connectivity index (χ0) is 20.1. The summed E-state index contributed by atoms with van der Waals surface area (Å²) < 4.78 is 1.61. The van der Waals surface area contributed by atoms with Gasteiger partial charge < -0.3 is 15.2 Å². The van der Waals surface area contributed by atoms with Crippen LogP contribution in [0.4, 0.5) is 5.69 Å². The van der Waals surface area contributed by atoms with Crippen molar-refractivity contribution in [3.63, 3.8) is 0 Å². The molecule has 0 fully saturated rings. The van der Waals surface area contributed by atoms with Gasteiger partial charge in [-0.15, -0.1) is 0 Å². The topological polar surface area (TPSA) is 93.1 Å². The first kappa shape index (κ1) is 19.3. The van der Waals surface area contributed by atoms with Gasteiger partial charge in [0, 0.05) is 42.3 Å². The van der Waals surface area contributed by atoms with Crippen molar-refractivity contribution in [2.24, 2.45) is 7.05 Å². The van der Waals surface area contributed by atoms with Crippen LogP contribution in [0.15, 0.2) is 60.9 Å². The third-order valence-corrected chi connectivity index (χ3v) is 4.23. The van der Waals surface area contributed by atoms with Gasteiger partial charge in [-0.1, -0.05) is 35.9 Å². The number of carbonyl (C=O) groups excluding carboxylic acids is 3. The molecule has 142 valence electrons. The molecule has 2 amide bonds. The highest BCUT2D eigenvalue weighted by Crippen LogP contribution is 2.14. The van der Waals surface area contributed by atoms with Gasteiger partial charge in [0.2, 0.25) is 5.78 Å². The van der Waals surface area contributed by atoms with Gasteiger partial charge in [-0.05, 0) is 29.8 Å². The number of aryl methyl sites for hydroxylation is 1. The maximum absolute atomic E-state index is 12.5. The molecule has 0 bridgehead atoms. The molecule has 28 heavy (non-hydrogen) atoms. The van der Waals surface area contributed by atoms with Crippen molar-refractivity contribution < 1.29 is 14.4 Å². The molecule has 0 aliphatic carbocycles. The number of rotatable bonds is 5. The normalized spacial score (nSPS) is 10.4. The van der Waals surface area contributed by atoms with Gasteiger partial charge in [0.15, 0.2) is 5.82 Å². The van der Waals surface area contributed by atoms with Crippen molar-refractivity contribution >= 4 is 34.9 Å². The number of ketones is 1. The fourth-order valence-electron chi connectivity index (χ4n) is 2.50. The van der Waals surface area contributed by atoms with Crippen molar-refractivity contribution in [2.45, 2.75) is 6.54 Å². The van der Waals surface area contributed by atoms with Gasteiger partial charge in [0.25, 0.3) is 0 Å². The van der Waals surface area contributed by atoms with E-state index in [2.05, 4.69) is 15.6 Å². The molecule has 0 aliphatic heterocycles. The maximum Gasteiger partial charge on any atom is 0.313 e. The second-order valence-corrected chi connectivity index (χ2v) is 6.47. The Balaban J connectivity index is 1.62. The van der Waals surface area contributed by atoms with E-state index in [-0.39, 0.29) is 18.2 Å². The number of nitrogens with one attached hydrogen (secondary N) is 2. The summed E-state index contributed by atoms with van der Waals surface area (Å²) in [4.78, 5) is 40.6. The maximum atomic E-state index is 12.5. The van der Waals surface area contributed by atoms with Gasteiger partial charge in [-0.3, -0.25) is 14.4 Å². The Morgan fingerprint density at radius 1 is 1.07 bits per heavy atom. The number of nitrogens with zero attached hydrogens (tertiary/aromatic N) is 2. The fraction of sp³-hybridized carbons (Fsp3) is 0.100. The molecule has 3 aromatic rings. The van der Waals surface area contributed by atoms with Crippen LogP contribution in [-0.2, 0) is 23.2 Å². The lowest BCUT2D eigenvalue weighted by Crippen LogP contribution is -2.35. The van der Waals surface area contributed by atoms with Crippen molar-refractivity contribution in [2.75, 3.05) is 5.32 Å². The molecule has 0 saturated carbocycles. The molecule has 1 aromatic heterocycles. The van der Waals surface area contributed by atoms with E-state index in [1.54, 1.807) is 60.3 Å². The Kier molecular flexibility index (Phi) is 5.86. The minimum Gasteiger partial charge on any atom is -0.344 e. The first-order valence-corrected chi connectivity index (χ1v) is 8.77. The number of amides is 2. The lowest BCUT2D eigenvalue weighted by molar-refractivity contribution is -0.136. The summed E-state index contributed by atoms with van der Waals surface area (Å²) in [5, 5.41) is 5.61. The highest BCUT2D eigenvalue weighted by Gasteiger charge is 2.16. The molecule has 3 rings (SSSR count). The largest absolute Gasteiger partial charge is 0.344 e. The lowest BCUT2D eigenvalue weighted by atomic mass is 10.1. The fourth-order valence-corrected chi connectivity index (χ4v) is 2.63. The smallest absolute Gasteiger partial charge is 0.313 e. The molecular formula is C20H17ClN4O3. The Morgan fingerprint density at radius 2 is 1.82 bits per heavy atom. The second-order valence-electron chi connectivity index (χ2n) is 6.03. The predicted molar refractivity (Wildman–Crippen MR) is 105 cm³/mol. The quantitative estimate of drug-likeness (QED) is 0.512. The summed E-state index contributed by atoms with van der Waals surface area (Å²) >= 11 is 5.81. The van der Waals surface area contributed by atoms with Crippen LogP contribution in [0.5, 0.6) is 0 Å². The molecule has 0 saturated heterocycles. The molecule has 0 unspecified atom stereocenters. The van der Waals surface area contributed by atoms with Crippen molar-refractivity contribution in [3.8, 4) is 0 Å². The standard InChI is InChI=1S/C20H17ClN4O3/c1-25-10-9-22-18(25)17(26)14-3-2-4-16(11-14)24-20(28)19(27)23-12-13-5-7-15(21)8-6-13/h2-11H,12H2,1H3,(H,23,27)(H,24,28). The zero-order valence-electron chi connectivity index (χ0n) is 15.0. The first-order valence-electron chi connectivity index (χ1n) is 8.40. The number of carbonyl (C=O) groups is 3. The van der Waals surface area contributed by atoms with Gasteiger partial charge in [0.1, 0.15) is 0 Å². The Labute approximate surface area is 166 Å².